The summed E-state index contributed by atoms with van der Waals surface area (Å²) in [5.41, 5.74) is 3.06. The van der Waals surface area contributed by atoms with Gasteiger partial charge in [0, 0.05) is 32.0 Å². The van der Waals surface area contributed by atoms with Gasteiger partial charge in [0.2, 0.25) is 10.0 Å². The Bertz CT molecular complexity index is 1170. The summed E-state index contributed by atoms with van der Waals surface area (Å²) in [6.07, 6.45) is 2.47. The maximum atomic E-state index is 13.1. The molecule has 29 heavy (non-hydrogen) atoms. The number of benzene rings is 1. The second-order valence-corrected chi connectivity index (χ2v) is 9.47. The number of hydrogen-bond donors (Lipinski definition) is 1. The lowest BCUT2D eigenvalue weighted by atomic mass is 10.1. The Morgan fingerprint density at radius 2 is 1.79 bits per heavy atom. The van der Waals surface area contributed by atoms with E-state index in [4.69, 9.17) is 5.14 Å². The SMILES string of the molecule is Cc1nc(N2CCCN(c3ccc(-c4ccnn4C)cc3)C2=O)sc1S(N)(=O)=O. The van der Waals surface area contributed by atoms with Gasteiger partial charge in [0.25, 0.3) is 0 Å². The van der Waals surface area contributed by atoms with Crippen molar-refractivity contribution in [2.75, 3.05) is 22.9 Å². The van der Waals surface area contributed by atoms with Crippen LogP contribution in [0.25, 0.3) is 11.3 Å². The molecule has 0 radical (unpaired) electrons. The molecule has 11 heteroatoms. The molecule has 3 aromatic rings. The molecule has 0 atom stereocenters. The van der Waals surface area contributed by atoms with Crippen molar-refractivity contribution in [1.82, 2.24) is 14.8 Å². The minimum Gasteiger partial charge on any atom is -0.294 e. The monoisotopic (exact) mass is 432 g/mol. The number of rotatable bonds is 4. The average molecular weight is 433 g/mol. The van der Waals surface area contributed by atoms with Gasteiger partial charge in [-0.3, -0.25) is 14.5 Å². The summed E-state index contributed by atoms with van der Waals surface area (Å²) in [4.78, 5) is 20.5. The van der Waals surface area contributed by atoms with Crippen LogP contribution in [0.5, 0.6) is 0 Å². The Morgan fingerprint density at radius 1 is 1.10 bits per heavy atom. The number of thiazole rings is 1. The first-order valence-electron chi connectivity index (χ1n) is 8.93. The van der Waals surface area contributed by atoms with Gasteiger partial charge in [-0.2, -0.15) is 5.10 Å². The highest BCUT2D eigenvalue weighted by Gasteiger charge is 2.31. The van der Waals surface area contributed by atoms with E-state index in [1.807, 2.05) is 37.4 Å². The Hall–Kier alpha value is -2.76. The van der Waals surface area contributed by atoms with Gasteiger partial charge in [-0.15, -0.1) is 0 Å². The molecule has 2 aromatic heterocycles. The van der Waals surface area contributed by atoms with E-state index in [-0.39, 0.29) is 10.2 Å². The fourth-order valence-corrected chi connectivity index (χ4v) is 5.33. The summed E-state index contributed by atoms with van der Waals surface area (Å²) >= 11 is 0.921. The van der Waals surface area contributed by atoms with Gasteiger partial charge < -0.3 is 0 Å². The molecule has 0 spiro atoms. The molecule has 0 unspecified atom stereocenters. The molecule has 1 fully saturated rings. The topological polar surface area (TPSA) is 114 Å². The Balaban J connectivity index is 1.60. The van der Waals surface area contributed by atoms with Crippen molar-refractivity contribution < 1.29 is 13.2 Å². The first-order valence-corrected chi connectivity index (χ1v) is 11.3. The molecular weight excluding hydrogens is 412 g/mol. The third-order valence-electron chi connectivity index (χ3n) is 4.75. The van der Waals surface area contributed by atoms with Crippen LogP contribution in [0.4, 0.5) is 15.6 Å². The van der Waals surface area contributed by atoms with Crippen LogP contribution in [0.15, 0.2) is 40.7 Å². The number of aromatic nitrogens is 3. The molecule has 3 heterocycles. The molecule has 4 rings (SSSR count). The van der Waals surface area contributed by atoms with E-state index in [9.17, 15) is 13.2 Å². The lowest BCUT2D eigenvalue weighted by Crippen LogP contribution is -2.49. The van der Waals surface area contributed by atoms with Crippen LogP contribution in [0.2, 0.25) is 0 Å². The number of aryl methyl sites for hydroxylation is 2. The maximum Gasteiger partial charge on any atom is 0.330 e. The van der Waals surface area contributed by atoms with Gasteiger partial charge in [0.1, 0.15) is 0 Å². The summed E-state index contributed by atoms with van der Waals surface area (Å²) in [6, 6.07) is 9.38. The van der Waals surface area contributed by atoms with Gasteiger partial charge in [0.15, 0.2) is 9.34 Å². The maximum absolute atomic E-state index is 13.1. The largest absolute Gasteiger partial charge is 0.330 e. The van der Waals surface area contributed by atoms with E-state index in [1.165, 1.54) is 4.90 Å². The van der Waals surface area contributed by atoms with Crippen molar-refractivity contribution in [2.24, 2.45) is 12.2 Å². The summed E-state index contributed by atoms with van der Waals surface area (Å²) in [6.45, 7) is 2.62. The number of urea groups is 1. The van der Waals surface area contributed by atoms with Crippen molar-refractivity contribution in [3.63, 3.8) is 0 Å². The van der Waals surface area contributed by atoms with Crippen molar-refractivity contribution in [2.45, 2.75) is 17.6 Å². The lowest BCUT2D eigenvalue weighted by Gasteiger charge is -2.34. The number of carbonyl (C=O) groups excluding carboxylic acids is 1. The molecule has 152 valence electrons. The number of nitrogens with two attached hydrogens (primary N) is 1. The molecule has 9 nitrogen and oxygen atoms in total. The summed E-state index contributed by atoms with van der Waals surface area (Å²) in [5, 5.41) is 9.76. The molecule has 2 N–H and O–H groups in total. The van der Waals surface area contributed by atoms with Crippen molar-refractivity contribution in [3.05, 3.63) is 42.2 Å². The normalized spacial score (nSPS) is 15.2. The first kappa shape index (κ1) is 19.6. The van der Waals surface area contributed by atoms with Crippen LogP contribution in [0, 0.1) is 6.92 Å². The quantitative estimate of drug-likeness (QED) is 0.680. The zero-order chi connectivity index (χ0) is 20.8. The van der Waals surface area contributed by atoms with E-state index < -0.39 is 10.0 Å². The number of amides is 2. The van der Waals surface area contributed by atoms with E-state index in [0.29, 0.717) is 23.9 Å². The number of nitrogens with zero attached hydrogens (tertiary/aromatic N) is 5. The second-order valence-electron chi connectivity index (χ2n) is 6.74. The second kappa shape index (κ2) is 7.25. The number of anilines is 2. The average Bonchev–Trinajstić information content (AvgIpc) is 3.27. The first-order chi connectivity index (χ1) is 13.8. The number of sulfonamides is 1. The van der Waals surface area contributed by atoms with Gasteiger partial charge in [-0.25, -0.2) is 23.3 Å². The summed E-state index contributed by atoms with van der Waals surface area (Å²) in [7, 11) is -1.99. The van der Waals surface area contributed by atoms with E-state index in [0.717, 1.165) is 34.7 Å². The Kier molecular flexibility index (Phi) is 4.89. The minimum atomic E-state index is -3.87. The van der Waals surface area contributed by atoms with Crippen molar-refractivity contribution >= 4 is 38.2 Å². The molecule has 0 bridgehead atoms. The standard InChI is InChI=1S/C18H20N6O3S2/c1-12-16(29(19,26)27)28-17(21-12)24-11-3-10-23(18(24)25)14-6-4-13(5-7-14)15-8-9-20-22(15)2/h4-9H,3,10-11H2,1-2H3,(H2,19,26,27). The molecule has 1 aliphatic rings. The van der Waals surface area contributed by atoms with E-state index in [1.54, 1.807) is 22.7 Å². The van der Waals surface area contributed by atoms with Gasteiger partial charge in [-0.1, -0.05) is 23.5 Å². The Labute approximate surface area is 172 Å². The van der Waals surface area contributed by atoms with Gasteiger partial charge in [-0.05, 0) is 37.1 Å². The predicted molar refractivity (Wildman–Crippen MR) is 112 cm³/mol. The van der Waals surface area contributed by atoms with Crippen LogP contribution in [0.3, 0.4) is 0 Å². The van der Waals surface area contributed by atoms with Crippen molar-refractivity contribution in [3.8, 4) is 11.3 Å². The van der Waals surface area contributed by atoms with Crippen LogP contribution < -0.4 is 14.9 Å². The number of primary sulfonamides is 1. The van der Waals surface area contributed by atoms with Gasteiger partial charge in [0.05, 0.1) is 11.4 Å². The highest BCUT2D eigenvalue weighted by atomic mass is 32.2. The smallest absolute Gasteiger partial charge is 0.294 e. The molecule has 1 aromatic carbocycles. The van der Waals surface area contributed by atoms with Gasteiger partial charge >= 0.3 is 6.03 Å². The molecule has 0 saturated carbocycles. The summed E-state index contributed by atoms with van der Waals surface area (Å²) < 4.78 is 25.2. The van der Waals surface area contributed by atoms with Crippen LogP contribution in [-0.4, -0.2) is 42.3 Å². The fourth-order valence-electron chi connectivity index (χ4n) is 3.36. The van der Waals surface area contributed by atoms with E-state index in [2.05, 4.69) is 10.1 Å². The zero-order valence-electron chi connectivity index (χ0n) is 15.9. The highest BCUT2D eigenvalue weighted by molar-refractivity contribution is 7.91. The molecule has 1 saturated heterocycles. The molecule has 1 aliphatic heterocycles. The third-order valence-corrected chi connectivity index (χ3v) is 7.49. The van der Waals surface area contributed by atoms with Crippen LogP contribution >= 0.6 is 11.3 Å². The molecule has 0 aliphatic carbocycles. The van der Waals surface area contributed by atoms with Crippen molar-refractivity contribution in [1.29, 1.82) is 0 Å². The molecule has 2 amide bonds. The zero-order valence-corrected chi connectivity index (χ0v) is 17.6. The fraction of sp³-hybridized carbons (Fsp3) is 0.278. The number of carbonyl (C=O) groups is 1. The van der Waals surface area contributed by atoms with Crippen LogP contribution in [0.1, 0.15) is 12.1 Å². The highest BCUT2D eigenvalue weighted by Crippen LogP contribution is 2.32. The summed E-state index contributed by atoms with van der Waals surface area (Å²) in [5.74, 6) is 0. The lowest BCUT2D eigenvalue weighted by molar-refractivity contribution is 0.248. The van der Waals surface area contributed by atoms with Crippen LogP contribution in [-0.2, 0) is 17.1 Å². The Morgan fingerprint density at radius 3 is 2.38 bits per heavy atom. The third kappa shape index (κ3) is 3.63. The molecular formula is C18H20N6O3S2. The predicted octanol–water partition coefficient (Wildman–Crippen LogP) is 2.34. The number of hydrogen-bond acceptors (Lipinski definition) is 6. The minimum absolute atomic E-state index is 0.0158. The van der Waals surface area contributed by atoms with E-state index >= 15 is 0 Å².